The molecule has 0 fully saturated rings. The van der Waals surface area contributed by atoms with Crippen molar-refractivity contribution in [2.45, 2.75) is 6.92 Å². The average molecular weight is 265 g/mol. The van der Waals surface area contributed by atoms with E-state index >= 15 is 0 Å². The van der Waals surface area contributed by atoms with Crippen molar-refractivity contribution in [1.29, 1.82) is 0 Å². The molecule has 1 N–H and O–H groups in total. The Bertz CT molecular complexity index is 493. The third kappa shape index (κ3) is 2.02. The Hall–Kier alpha value is -1.40. The van der Waals surface area contributed by atoms with Gasteiger partial charge in [-0.2, -0.15) is 0 Å². The van der Waals surface area contributed by atoms with Gasteiger partial charge in [-0.25, -0.2) is 9.78 Å². The molecule has 0 saturated carbocycles. The van der Waals surface area contributed by atoms with E-state index in [9.17, 15) is 4.79 Å². The maximum Gasteiger partial charge on any atom is 0.350 e. The fraction of sp³-hybridized carbons (Fsp3) is 0.500. The van der Waals surface area contributed by atoms with E-state index in [1.54, 1.807) is 6.20 Å². The molecule has 0 amide bonds. The summed E-state index contributed by atoms with van der Waals surface area (Å²) in [6.45, 7) is 6.04. The number of hydrogen-bond acceptors (Lipinski definition) is 6. The number of nitrogens with zero attached hydrogens (tertiary/aromatic N) is 2. The van der Waals surface area contributed by atoms with E-state index in [0.717, 1.165) is 31.3 Å². The number of aromatic nitrogens is 1. The smallest absolute Gasteiger partial charge is 0.350 e. The van der Waals surface area contributed by atoms with Crippen molar-refractivity contribution in [3.05, 3.63) is 22.2 Å². The molecule has 2 aliphatic rings. The van der Waals surface area contributed by atoms with Crippen LogP contribution in [0.5, 0.6) is 0 Å². The standard InChI is InChI=1S/C12H15N3O2S/c1-2-17-11(16)10-5-14-12(18-10)15-6-8-3-13-4-9(8)7-15/h5,13H,2-4,6-7H2,1H3. The maximum atomic E-state index is 11.6. The highest BCUT2D eigenvalue weighted by atomic mass is 32.1. The molecular weight excluding hydrogens is 250 g/mol. The highest BCUT2D eigenvalue weighted by Crippen LogP contribution is 2.29. The minimum absolute atomic E-state index is 0.275. The topological polar surface area (TPSA) is 54.5 Å². The summed E-state index contributed by atoms with van der Waals surface area (Å²) in [6.07, 6.45) is 1.61. The third-order valence-corrected chi connectivity index (χ3v) is 4.22. The summed E-state index contributed by atoms with van der Waals surface area (Å²) in [4.78, 5) is 18.7. The lowest BCUT2D eigenvalue weighted by atomic mass is 10.2. The van der Waals surface area contributed by atoms with Crippen molar-refractivity contribution >= 4 is 22.4 Å². The van der Waals surface area contributed by atoms with Gasteiger partial charge in [-0.3, -0.25) is 0 Å². The lowest BCUT2D eigenvalue weighted by Gasteiger charge is -2.16. The molecule has 0 unspecified atom stereocenters. The Kier molecular flexibility index (Phi) is 3.05. The first kappa shape index (κ1) is 11.7. The Morgan fingerprint density at radius 2 is 2.22 bits per heavy atom. The molecule has 0 aliphatic carbocycles. The summed E-state index contributed by atoms with van der Waals surface area (Å²) in [5.74, 6) is -0.275. The number of nitrogens with one attached hydrogen (secondary N) is 1. The zero-order valence-corrected chi connectivity index (χ0v) is 11.0. The van der Waals surface area contributed by atoms with E-state index in [-0.39, 0.29) is 5.97 Å². The van der Waals surface area contributed by atoms with Crippen LogP contribution >= 0.6 is 11.3 Å². The van der Waals surface area contributed by atoms with E-state index < -0.39 is 0 Å². The van der Waals surface area contributed by atoms with Crippen molar-refractivity contribution in [3.63, 3.8) is 0 Å². The lowest BCUT2D eigenvalue weighted by molar-refractivity contribution is 0.0532. The van der Waals surface area contributed by atoms with Crippen molar-refractivity contribution in [1.82, 2.24) is 10.3 Å². The van der Waals surface area contributed by atoms with Gasteiger partial charge in [0.05, 0.1) is 12.8 Å². The third-order valence-electron chi connectivity index (χ3n) is 3.18. The van der Waals surface area contributed by atoms with E-state index in [0.29, 0.717) is 11.5 Å². The number of carbonyl (C=O) groups is 1. The normalized spacial score (nSPS) is 18.4. The van der Waals surface area contributed by atoms with Crippen LogP contribution in [-0.4, -0.2) is 43.7 Å². The van der Waals surface area contributed by atoms with Crippen LogP contribution in [0, 0.1) is 0 Å². The van der Waals surface area contributed by atoms with E-state index in [1.807, 2.05) is 6.92 Å². The minimum Gasteiger partial charge on any atom is -0.462 e. The van der Waals surface area contributed by atoms with Gasteiger partial charge in [0.15, 0.2) is 5.13 Å². The van der Waals surface area contributed by atoms with Crippen LogP contribution in [-0.2, 0) is 4.74 Å². The second-order valence-electron chi connectivity index (χ2n) is 4.39. The molecule has 0 radical (unpaired) electrons. The van der Waals surface area contributed by atoms with Gasteiger partial charge in [0.2, 0.25) is 0 Å². The first-order valence-corrected chi connectivity index (χ1v) is 6.88. The lowest BCUT2D eigenvalue weighted by Crippen LogP contribution is -2.26. The second-order valence-corrected chi connectivity index (χ2v) is 5.40. The van der Waals surface area contributed by atoms with Crippen molar-refractivity contribution < 1.29 is 9.53 Å². The van der Waals surface area contributed by atoms with Gasteiger partial charge in [0.25, 0.3) is 0 Å². The van der Waals surface area contributed by atoms with Gasteiger partial charge < -0.3 is 15.0 Å². The molecule has 3 rings (SSSR count). The van der Waals surface area contributed by atoms with Crippen molar-refractivity contribution in [2.24, 2.45) is 0 Å². The number of anilines is 1. The zero-order valence-electron chi connectivity index (χ0n) is 10.2. The Balaban J connectivity index is 1.70. The molecule has 2 aliphatic heterocycles. The fourth-order valence-electron chi connectivity index (χ4n) is 2.31. The Morgan fingerprint density at radius 3 is 2.89 bits per heavy atom. The van der Waals surface area contributed by atoms with Crippen LogP contribution in [0.4, 0.5) is 5.13 Å². The molecule has 0 atom stereocenters. The molecule has 3 heterocycles. The van der Waals surface area contributed by atoms with E-state index in [4.69, 9.17) is 4.74 Å². The SMILES string of the molecule is CCOC(=O)c1cnc(N2CC3=C(CNC3)C2)s1. The van der Waals surface area contributed by atoms with Crippen molar-refractivity contribution in [2.75, 3.05) is 37.7 Å². The van der Waals surface area contributed by atoms with Crippen LogP contribution in [0.15, 0.2) is 17.3 Å². The van der Waals surface area contributed by atoms with Crippen LogP contribution in [0.2, 0.25) is 0 Å². The number of esters is 1. The summed E-state index contributed by atoms with van der Waals surface area (Å²) >= 11 is 1.41. The summed E-state index contributed by atoms with van der Waals surface area (Å²) in [5.41, 5.74) is 2.95. The molecule has 6 heteroatoms. The predicted octanol–water partition coefficient (Wildman–Crippen LogP) is 1.04. The Labute approximate surface area is 109 Å². The molecule has 1 aromatic heterocycles. The molecule has 5 nitrogen and oxygen atoms in total. The van der Waals surface area contributed by atoms with Gasteiger partial charge in [-0.05, 0) is 18.1 Å². The van der Waals surface area contributed by atoms with Crippen LogP contribution < -0.4 is 10.2 Å². The molecule has 0 spiro atoms. The van der Waals surface area contributed by atoms with Gasteiger partial charge in [0, 0.05) is 26.2 Å². The largest absolute Gasteiger partial charge is 0.462 e. The molecule has 0 saturated heterocycles. The molecule has 0 bridgehead atoms. The summed E-state index contributed by atoms with van der Waals surface area (Å²) in [5, 5.41) is 4.25. The van der Waals surface area contributed by atoms with Gasteiger partial charge >= 0.3 is 5.97 Å². The number of ether oxygens (including phenoxy) is 1. The van der Waals surface area contributed by atoms with Gasteiger partial charge in [0.1, 0.15) is 4.88 Å². The summed E-state index contributed by atoms with van der Waals surface area (Å²) < 4.78 is 4.97. The highest BCUT2D eigenvalue weighted by molar-refractivity contribution is 7.17. The highest BCUT2D eigenvalue weighted by Gasteiger charge is 2.27. The fourth-order valence-corrected chi connectivity index (χ4v) is 3.12. The maximum absolute atomic E-state index is 11.6. The summed E-state index contributed by atoms with van der Waals surface area (Å²) in [7, 11) is 0. The number of thiazole rings is 1. The van der Waals surface area contributed by atoms with Crippen molar-refractivity contribution in [3.8, 4) is 0 Å². The summed E-state index contributed by atoms with van der Waals surface area (Å²) in [6, 6.07) is 0. The monoisotopic (exact) mass is 265 g/mol. The first-order valence-electron chi connectivity index (χ1n) is 6.06. The van der Waals surface area contributed by atoms with E-state index in [2.05, 4.69) is 15.2 Å². The van der Waals surface area contributed by atoms with Gasteiger partial charge in [-0.1, -0.05) is 11.3 Å². The molecule has 1 aromatic rings. The van der Waals surface area contributed by atoms with E-state index in [1.165, 1.54) is 22.5 Å². The minimum atomic E-state index is -0.275. The Morgan fingerprint density at radius 1 is 1.50 bits per heavy atom. The number of carbonyl (C=O) groups excluding carboxylic acids is 1. The number of hydrogen-bond donors (Lipinski definition) is 1. The molecule has 18 heavy (non-hydrogen) atoms. The molecule has 0 aromatic carbocycles. The quantitative estimate of drug-likeness (QED) is 0.654. The predicted molar refractivity (Wildman–Crippen MR) is 70.2 cm³/mol. The average Bonchev–Trinajstić information content (AvgIpc) is 3.03. The second kappa shape index (κ2) is 4.70. The zero-order chi connectivity index (χ0) is 12.5. The van der Waals surface area contributed by atoms with Crippen LogP contribution in [0.25, 0.3) is 0 Å². The number of rotatable bonds is 3. The molecular formula is C12H15N3O2S. The van der Waals surface area contributed by atoms with Gasteiger partial charge in [-0.15, -0.1) is 0 Å². The first-order chi connectivity index (χ1) is 8.78. The van der Waals surface area contributed by atoms with Crippen LogP contribution in [0.1, 0.15) is 16.6 Å². The molecule has 96 valence electrons. The van der Waals surface area contributed by atoms with Crippen LogP contribution in [0.3, 0.4) is 0 Å².